The highest BCUT2D eigenvalue weighted by atomic mass is 35.5. The molecule has 1 aliphatic carbocycles. The second-order valence-electron chi connectivity index (χ2n) is 8.56. The Morgan fingerprint density at radius 2 is 1.71 bits per heavy atom. The van der Waals surface area contributed by atoms with Crippen LogP contribution in [0.2, 0.25) is 5.02 Å². The standard InChI is InChI=1S/C28H29ClFNO6S/c1-3-4-14-37-28(35)20-13-9-8-12-19(20)27(34)31(26(33)18-10-6-5-7-11-18)23-16-24(21(29)15-22(23)30)38-17-25(32)36-2/h5-7,10-11,15-16H,3-4,8-9,12-14,17H2,1-2H3. The van der Waals surface area contributed by atoms with Crippen molar-refractivity contribution in [3.05, 3.63) is 70.0 Å². The van der Waals surface area contributed by atoms with Crippen LogP contribution in [0.1, 0.15) is 55.8 Å². The Hall–Kier alpha value is -3.17. The van der Waals surface area contributed by atoms with Crippen molar-refractivity contribution in [3.8, 4) is 0 Å². The molecule has 2 amide bonds. The van der Waals surface area contributed by atoms with Crippen molar-refractivity contribution in [3.63, 3.8) is 0 Å². The maximum atomic E-state index is 15.4. The van der Waals surface area contributed by atoms with Gasteiger partial charge in [0.25, 0.3) is 11.8 Å². The summed E-state index contributed by atoms with van der Waals surface area (Å²) in [5, 5.41) is 0.0109. The van der Waals surface area contributed by atoms with Gasteiger partial charge in [0.2, 0.25) is 0 Å². The third kappa shape index (κ3) is 7.23. The second kappa shape index (κ2) is 14.1. The van der Waals surface area contributed by atoms with Crippen molar-refractivity contribution in [2.75, 3.05) is 24.4 Å². The van der Waals surface area contributed by atoms with Crippen LogP contribution in [-0.4, -0.2) is 43.2 Å². The summed E-state index contributed by atoms with van der Waals surface area (Å²) < 4.78 is 25.4. The molecular formula is C28H29ClFNO6S. The molecule has 0 fully saturated rings. The summed E-state index contributed by atoms with van der Waals surface area (Å²) in [7, 11) is 1.24. The zero-order valence-electron chi connectivity index (χ0n) is 21.3. The van der Waals surface area contributed by atoms with E-state index in [0.717, 1.165) is 29.1 Å². The predicted octanol–water partition coefficient (Wildman–Crippen LogP) is 6.13. The minimum Gasteiger partial charge on any atom is -0.468 e. The van der Waals surface area contributed by atoms with Crippen LogP contribution in [-0.2, 0) is 23.9 Å². The topological polar surface area (TPSA) is 90.0 Å². The molecule has 202 valence electrons. The summed E-state index contributed by atoms with van der Waals surface area (Å²) in [5.74, 6) is -3.70. The number of carbonyl (C=O) groups is 4. The number of methoxy groups -OCH3 is 1. The summed E-state index contributed by atoms with van der Waals surface area (Å²) >= 11 is 7.19. The number of anilines is 1. The van der Waals surface area contributed by atoms with E-state index in [1.165, 1.54) is 25.3 Å². The van der Waals surface area contributed by atoms with Crippen molar-refractivity contribution in [2.45, 2.75) is 50.3 Å². The molecule has 7 nitrogen and oxygen atoms in total. The first-order valence-electron chi connectivity index (χ1n) is 12.3. The number of hydrogen-bond donors (Lipinski definition) is 0. The van der Waals surface area contributed by atoms with Crippen molar-refractivity contribution in [1.82, 2.24) is 0 Å². The van der Waals surface area contributed by atoms with Crippen molar-refractivity contribution >= 4 is 52.8 Å². The summed E-state index contributed by atoms with van der Waals surface area (Å²) in [6.45, 7) is 2.19. The first-order valence-corrected chi connectivity index (χ1v) is 13.7. The fourth-order valence-corrected chi connectivity index (χ4v) is 5.01. The van der Waals surface area contributed by atoms with Gasteiger partial charge in [-0.15, -0.1) is 11.8 Å². The molecule has 1 aliphatic rings. The SMILES string of the molecule is CCCCOC(=O)C1=C(C(=O)N(C(=O)c2ccccc2)c2cc(SCC(=O)OC)c(Cl)cc2F)CCCC1. The molecule has 0 aromatic heterocycles. The van der Waals surface area contributed by atoms with Crippen LogP contribution in [0, 0.1) is 5.82 Å². The van der Waals surface area contributed by atoms with Crippen LogP contribution in [0.25, 0.3) is 0 Å². The summed E-state index contributed by atoms with van der Waals surface area (Å²) in [5.41, 5.74) is 0.151. The zero-order valence-corrected chi connectivity index (χ0v) is 22.8. The predicted molar refractivity (Wildman–Crippen MR) is 144 cm³/mol. The van der Waals surface area contributed by atoms with Gasteiger partial charge < -0.3 is 9.47 Å². The van der Waals surface area contributed by atoms with E-state index in [1.807, 2.05) is 6.92 Å². The molecule has 10 heteroatoms. The molecule has 38 heavy (non-hydrogen) atoms. The van der Waals surface area contributed by atoms with Gasteiger partial charge in [-0.3, -0.25) is 14.4 Å². The van der Waals surface area contributed by atoms with E-state index in [4.69, 9.17) is 16.3 Å². The quantitative estimate of drug-likeness (QED) is 0.149. The zero-order chi connectivity index (χ0) is 27.7. The minimum atomic E-state index is -0.904. The van der Waals surface area contributed by atoms with E-state index in [0.29, 0.717) is 25.7 Å². The summed E-state index contributed by atoms with van der Waals surface area (Å²) in [4.78, 5) is 53.2. The number of benzene rings is 2. The van der Waals surface area contributed by atoms with Gasteiger partial charge in [-0.25, -0.2) is 14.1 Å². The number of ether oxygens (including phenoxy) is 2. The molecular weight excluding hydrogens is 533 g/mol. The molecule has 0 radical (unpaired) electrons. The number of halogens is 2. The molecule has 0 saturated carbocycles. The molecule has 2 aromatic carbocycles. The first-order chi connectivity index (χ1) is 18.3. The first kappa shape index (κ1) is 29.4. The van der Waals surface area contributed by atoms with E-state index in [9.17, 15) is 19.2 Å². The van der Waals surface area contributed by atoms with Crippen LogP contribution in [0.5, 0.6) is 0 Å². The third-order valence-electron chi connectivity index (χ3n) is 5.95. The lowest BCUT2D eigenvalue weighted by atomic mass is 9.90. The molecule has 0 spiro atoms. The van der Waals surface area contributed by atoms with Crippen LogP contribution in [0.4, 0.5) is 10.1 Å². The lowest BCUT2D eigenvalue weighted by Gasteiger charge is -2.26. The van der Waals surface area contributed by atoms with Gasteiger partial charge in [-0.2, -0.15) is 0 Å². The van der Waals surface area contributed by atoms with Gasteiger partial charge in [0, 0.05) is 21.6 Å². The van der Waals surface area contributed by atoms with E-state index >= 15 is 4.39 Å². The average molecular weight is 562 g/mol. The van der Waals surface area contributed by atoms with Gasteiger partial charge in [0.15, 0.2) is 0 Å². The van der Waals surface area contributed by atoms with Gasteiger partial charge >= 0.3 is 11.9 Å². The number of rotatable bonds is 10. The Balaban J connectivity index is 2.10. The molecule has 3 rings (SSSR count). The van der Waals surface area contributed by atoms with E-state index in [2.05, 4.69) is 4.74 Å². The number of imide groups is 1. The summed E-state index contributed by atoms with van der Waals surface area (Å²) in [6, 6.07) is 10.2. The molecule has 0 aliphatic heterocycles. The molecule has 0 atom stereocenters. The molecule has 2 aromatic rings. The number of amides is 2. The van der Waals surface area contributed by atoms with Crippen molar-refractivity contribution < 1.29 is 33.0 Å². The maximum absolute atomic E-state index is 15.4. The summed E-state index contributed by atoms with van der Waals surface area (Å²) in [6.07, 6.45) is 3.40. The maximum Gasteiger partial charge on any atom is 0.334 e. The van der Waals surface area contributed by atoms with Gasteiger partial charge in [-0.05, 0) is 56.4 Å². The number of esters is 2. The average Bonchev–Trinajstić information content (AvgIpc) is 2.93. The van der Waals surface area contributed by atoms with Crippen molar-refractivity contribution in [2.24, 2.45) is 0 Å². The van der Waals surface area contributed by atoms with Gasteiger partial charge in [0.1, 0.15) is 5.82 Å². The molecule has 0 saturated heterocycles. The smallest absolute Gasteiger partial charge is 0.334 e. The van der Waals surface area contributed by atoms with Crippen LogP contribution < -0.4 is 4.90 Å². The van der Waals surface area contributed by atoms with E-state index in [1.54, 1.807) is 18.2 Å². The Kier molecular flexibility index (Phi) is 10.9. The minimum absolute atomic E-state index is 0.0109. The van der Waals surface area contributed by atoms with Crippen LogP contribution in [0.15, 0.2) is 58.5 Å². The number of hydrogen-bond acceptors (Lipinski definition) is 7. The van der Waals surface area contributed by atoms with E-state index in [-0.39, 0.29) is 51.1 Å². The van der Waals surface area contributed by atoms with Crippen LogP contribution in [0.3, 0.4) is 0 Å². The molecule has 0 unspecified atom stereocenters. The van der Waals surface area contributed by atoms with Gasteiger partial charge in [-0.1, -0.05) is 43.1 Å². The van der Waals surface area contributed by atoms with Crippen LogP contribution >= 0.6 is 23.4 Å². The molecule has 0 bridgehead atoms. The highest BCUT2D eigenvalue weighted by Crippen LogP contribution is 2.36. The highest BCUT2D eigenvalue weighted by Gasteiger charge is 2.34. The molecule has 0 heterocycles. The fourth-order valence-electron chi connectivity index (χ4n) is 3.91. The number of unbranched alkanes of at least 4 members (excludes halogenated alkanes) is 1. The largest absolute Gasteiger partial charge is 0.468 e. The lowest BCUT2D eigenvalue weighted by molar-refractivity contribution is -0.140. The monoisotopic (exact) mass is 561 g/mol. The lowest BCUT2D eigenvalue weighted by Crippen LogP contribution is -2.40. The van der Waals surface area contributed by atoms with Crippen molar-refractivity contribution in [1.29, 1.82) is 0 Å². The number of nitrogens with zero attached hydrogens (tertiary/aromatic N) is 1. The Labute approximate surface area is 230 Å². The Bertz CT molecular complexity index is 1230. The number of thioether (sulfide) groups is 1. The third-order valence-corrected chi connectivity index (χ3v) is 7.40. The fraction of sp³-hybridized carbons (Fsp3) is 0.357. The molecule has 0 N–H and O–H groups in total. The highest BCUT2D eigenvalue weighted by molar-refractivity contribution is 8.00. The normalized spacial score (nSPS) is 13.2. The van der Waals surface area contributed by atoms with Gasteiger partial charge in [0.05, 0.1) is 30.2 Å². The van der Waals surface area contributed by atoms with E-state index < -0.39 is 29.6 Å². The second-order valence-corrected chi connectivity index (χ2v) is 9.99. The number of carbonyl (C=O) groups excluding carboxylic acids is 4. The Morgan fingerprint density at radius 1 is 1.03 bits per heavy atom. The Morgan fingerprint density at radius 3 is 2.37 bits per heavy atom.